The SMILES string of the molecule is Cc1cc(C)c(C2=NC(c3ccc(C4CCC(=O)CC4)cc3)CO2)cc1C. The smallest absolute Gasteiger partial charge is 0.217 e. The van der Waals surface area contributed by atoms with Crippen LogP contribution >= 0.6 is 0 Å². The van der Waals surface area contributed by atoms with Crippen LogP contribution in [0.15, 0.2) is 41.4 Å². The van der Waals surface area contributed by atoms with Crippen LogP contribution in [0.25, 0.3) is 0 Å². The fraction of sp³-hybridized carbons (Fsp3) is 0.417. The number of rotatable bonds is 3. The summed E-state index contributed by atoms with van der Waals surface area (Å²) in [4.78, 5) is 16.3. The van der Waals surface area contributed by atoms with Gasteiger partial charge in [-0.05, 0) is 73.4 Å². The second-order valence-corrected chi connectivity index (χ2v) is 7.99. The van der Waals surface area contributed by atoms with Gasteiger partial charge in [0.15, 0.2) is 0 Å². The zero-order valence-electron chi connectivity index (χ0n) is 16.4. The van der Waals surface area contributed by atoms with E-state index in [-0.39, 0.29) is 6.04 Å². The predicted octanol–water partition coefficient (Wildman–Crippen LogP) is 5.36. The van der Waals surface area contributed by atoms with Crippen molar-refractivity contribution in [1.29, 1.82) is 0 Å². The van der Waals surface area contributed by atoms with Gasteiger partial charge in [0.05, 0.1) is 0 Å². The Balaban J connectivity index is 1.51. The zero-order valence-corrected chi connectivity index (χ0v) is 16.4. The summed E-state index contributed by atoms with van der Waals surface area (Å²) < 4.78 is 5.95. The van der Waals surface area contributed by atoms with Gasteiger partial charge in [0.1, 0.15) is 18.4 Å². The molecule has 2 aromatic carbocycles. The molecule has 140 valence electrons. The van der Waals surface area contributed by atoms with Gasteiger partial charge in [-0.2, -0.15) is 0 Å². The zero-order chi connectivity index (χ0) is 19.0. The molecule has 2 aromatic rings. The fourth-order valence-electron chi connectivity index (χ4n) is 4.15. The molecule has 1 heterocycles. The van der Waals surface area contributed by atoms with Crippen LogP contribution in [0.4, 0.5) is 0 Å². The van der Waals surface area contributed by atoms with Crippen LogP contribution in [0.5, 0.6) is 0 Å². The predicted molar refractivity (Wildman–Crippen MR) is 109 cm³/mol. The van der Waals surface area contributed by atoms with Gasteiger partial charge in [-0.3, -0.25) is 4.79 Å². The number of aryl methyl sites for hydroxylation is 3. The fourth-order valence-corrected chi connectivity index (χ4v) is 4.15. The number of benzene rings is 2. The highest BCUT2D eigenvalue weighted by atomic mass is 16.5. The van der Waals surface area contributed by atoms with Crippen molar-refractivity contribution in [2.24, 2.45) is 4.99 Å². The van der Waals surface area contributed by atoms with Crippen molar-refractivity contribution in [3.8, 4) is 0 Å². The van der Waals surface area contributed by atoms with Crippen molar-refractivity contribution < 1.29 is 9.53 Å². The van der Waals surface area contributed by atoms with Gasteiger partial charge < -0.3 is 4.74 Å². The minimum atomic E-state index is 0.0583. The van der Waals surface area contributed by atoms with Crippen molar-refractivity contribution >= 4 is 11.7 Å². The van der Waals surface area contributed by atoms with E-state index in [0.29, 0.717) is 18.3 Å². The standard InChI is InChI=1S/C24H27NO2/c1-15-12-17(3)22(13-16(15)2)24-25-23(14-27-24)20-6-4-18(5-7-20)19-8-10-21(26)11-9-19/h4-7,12-13,19,23H,8-11,14H2,1-3H3. The number of carbonyl (C=O) groups is 1. The number of ether oxygens (including phenoxy) is 1. The number of ketones is 1. The molecule has 1 unspecified atom stereocenters. The lowest BCUT2D eigenvalue weighted by atomic mass is 9.83. The molecule has 4 rings (SSSR count). The third-order valence-corrected chi connectivity index (χ3v) is 6.06. The van der Waals surface area contributed by atoms with Crippen LogP contribution in [0.2, 0.25) is 0 Å². The Kier molecular flexibility index (Phi) is 4.86. The van der Waals surface area contributed by atoms with Crippen LogP contribution in [-0.2, 0) is 9.53 Å². The van der Waals surface area contributed by atoms with Crippen LogP contribution in [-0.4, -0.2) is 18.3 Å². The van der Waals surface area contributed by atoms with Crippen LogP contribution < -0.4 is 0 Å². The Labute approximate surface area is 161 Å². The topological polar surface area (TPSA) is 38.7 Å². The Morgan fingerprint density at radius 3 is 2.22 bits per heavy atom. The quantitative estimate of drug-likeness (QED) is 0.738. The molecule has 0 bridgehead atoms. The summed E-state index contributed by atoms with van der Waals surface area (Å²) >= 11 is 0. The molecular formula is C24H27NO2. The second kappa shape index (κ2) is 7.30. The molecule has 3 heteroatoms. The van der Waals surface area contributed by atoms with Gasteiger partial charge in [-0.25, -0.2) is 4.99 Å². The third-order valence-electron chi connectivity index (χ3n) is 6.06. The molecular weight excluding hydrogens is 334 g/mol. The first-order valence-corrected chi connectivity index (χ1v) is 9.91. The molecule has 0 radical (unpaired) electrons. The maximum atomic E-state index is 11.5. The van der Waals surface area contributed by atoms with Gasteiger partial charge in [-0.1, -0.05) is 30.3 Å². The molecule has 0 aromatic heterocycles. The maximum Gasteiger partial charge on any atom is 0.217 e. The molecule has 3 nitrogen and oxygen atoms in total. The summed E-state index contributed by atoms with van der Waals surface area (Å²) in [6.45, 7) is 6.97. The van der Waals surface area contributed by atoms with E-state index in [4.69, 9.17) is 9.73 Å². The van der Waals surface area contributed by atoms with E-state index in [1.54, 1.807) is 0 Å². The monoisotopic (exact) mass is 361 g/mol. The lowest BCUT2D eigenvalue weighted by molar-refractivity contribution is -0.120. The first kappa shape index (κ1) is 18.0. The molecule has 0 saturated heterocycles. The molecule has 0 spiro atoms. The van der Waals surface area contributed by atoms with Crippen molar-refractivity contribution in [3.63, 3.8) is 0 Å². The summed E-state index contributed by atoms with van der Waals surface area (Å²) in [5.74, 6) is 1.69. The van der Waals surface area contributed by atoms with E-state index in [0.717, 1.165) is 37.1 Å². The van der Waals surface area contributed by atoms with Gasteiger partial charge in [0.25, 0.3) is 0 Å². The van der Waals surface area contributed by atoms with E-state index in [1.807, 2.05) is 0 Å². The van der Waals surface area contributed by atoms with Gasteiger partial charge >= 0.3 is 0 Å². The lowest BCUT2D eigenvalue weighted by Crippen LogP contribution is -2.12. The number of nitrogens with zero attached hydrogens (tertiary/aromatic N) is 1. The van der Waals surface area contributed by atoms with Crippen molar-refractivity contribution in [1.82, 2.24) is 0 Å². The summed E-state index contributed by atoms with van der Waals surface area (Å²) in [5.41, 5.74) is 7.41. The Morgan fingerprint density at radius 1 is 0.889 bits per heavy atom. The normalized spacial score (nSPS) is 20.5. The molecule has 0 amide bonds. The first-order chi connectivity index (χ1) is 13.0. The van der Waals surface area contributed by atoms with Crippen molar-refractivity contribution in [2.45, 2.75) is 58.4 Å². The molecule has 2 aliphatic rings. The Morgan fingerprint density at radius 2 is 1.52 bits per heavy atom. The minimum absolute atomic E-state index is 0.0583. The second-order valence-electron chi connectivity index (χ2n) is 7.99. The molecule has 1 aliphatic carbocycles. The van der Waals surface area contributed by atoms with Gasteiger partial charge in [0.2, 0.25) is 5.90 Å². The number of aliphatic imine (C=N–C) groups is 1. The summed E-state index contributed by atoms with van der Waals surface area (Å²) in [5, 5.41) is 0. The minimum Gasteiger partial charge on any atom is -0.475 e. The van der Waals surface area contributed by atoms with Crippen LogP contribution in [0.3, 0.4) is 0 Å². The highest BCUT2D eigenvalue weighted by Crippen LogP contribution is 2.33. The van der Waals surface area contributed by atoms with Gasteiger partial charge in [0, 0.05) is 18.4 Å². The average molecular weight is 361 g/mol. The Bertz CT molecular complexity index is 885. The van der Waals surface area contributed by atoms with E-state index >= 15 is 0 Å². The molecule has 0 N–H and O–H groups in total. The summed E-state index contributed by atoms with van der Waals surface area (Å²) in [6.07, 6.45) is 3.43. The molecule has 1 saturated carbocycles. The summed E-state index contributed by atoms with van der Waals surface area (Å²) in [6, 6.07) is 13.2. The molecule has 27 heavy (non-hydrogen) atoms. The largest absolute Gasteiger partial charge is 0.475 e. The average Bonchev–Trinajstić information content (AvgIpc) is 3.15. The molecule has 1 aliphatic heterocycles. The number of carbonyl (C=O) groups excluding carboxylic acids is 1. The number of hydrogen-bond acceptors (Lipinski definition) is 3. The van der Waals surface area contributed by atoms with Crippen LogP contribution in [0, 0.1) is 20.8 Å². The number of hydrogen-bond donors (Lipinski definition) is 0. The number of Topliss-reactive ketones (excluding diaryl/α,β-unsaturated/α-hetero) is 1. The van der Waals surface area contributed by atoms with Crippen LogP contribution in [0.1, 0.15) is 71.0 Å². The summed E-state index contributed by atoms with van der Waals surface area (Å²) in [7, 11) is 0. The molecule has 1 fully saturated rings. The first-order valence-electron chi connectivity index (χ1n) is 9.91. The highest BCUT2D eigenvalue weighted by molar-refractivity contribution is 5.97. The van der Waals surface area contributed by atoms with E-state index in [9.17, 15) is 4.79 Å². The van der Waals surface area contributed by atoms with E-state index in [1.165, 1.54) is 27.8 Å². The Hall–Kier alpha value is -2.42. The maximum absolute atomic E-state index is 11.5. The molecule has 1 atom stereocenters. The van der Waals surface area contributed by atoms with Crippen molar-refractivity contribution in [3.05, 3.63) is 69.8 Å². The van der Waals surface area contributed by atoms with Crippen molar-refractivity contribution in [2.75, 3.05) is 6.61 Å². The third kappa shape index (κ3) is 3.69. The highest BCUT2D eigenvalue weighted by Gasteiger charge is 2.24. The van der Waals surface area contributed by atoms with Gasteiger partial charge in [-0.15, -0.1) is 0 Å². The lowest BCUT2D eigenvalue weighted by Gasteiger charge is -2.21. The van der Waals surface area contributed by atoms with E-state index < -0.39 is 0 Å². The van der Waals surface area contributed by atoms with E-state index in [2.05, 4.69) is 57.2 Å².